The predicted octanol–water partition coefficient (Wildman–Crippen LogP) is -0.442. The molecule has 2 N–H and O–H groups in total. The lowest BCUT2D eigenvalue weighted by Crippen LogP contribution is -2.37. The zero-order valence-electron chi connectivity index (χ0n) is 8.47. The van der Waals surface area contributed by atoms with Crippen LogP contribution < -0.4 is 4.72 Å². The van der Waals surface area contributed by atoms with Gasteiger partial charge in [0.05, 0.1) is 6.10 Å². The van der Waals surface area contributed by atoms with E-state index in [1.54, 1.807) is 7.11 Å². The lowest BCUT2D eigenvalue weighted by molar-refractivity contribution is -0.134. The van der Waals surface area contributed by atoms with Crippen molar-refractivity contribution in [1.82, 2.24) is 4.72 Å². The zero-order chi connectivity index (χ0) is 11.5. The Balaban J connectivity index is 2.45. The van der Waals surface area contributed by atoms with Gasteiger partial charge in [-0.3, -0.25) is 4.79 Å². The van der Waals surface area contributed by atoms with E-state index in [1.807, 2.05) is 0 Å². The molecule has 2 unspecified atom stereocenters. The van der Waals surface area contributed by atoms with Crippen molar-refractivity contribution >= 4 is 16.0 Å². The number of methoxy groups -OCH3 is 1. The van der Waals surface area contributed by atoms with E-state index in [-0.39, 0.29) is 12.1 Å². The topological polar surface area (TPSA) is 92.7 Å². The van der Waals surface area contributed by atoms with E-state index in [2.05, 4.69) is 4.72 Å². The maximum absolute atomic E-state index is 11.3. The monoisotopic (exact) mass is 237 g/mol. The van der Waals surface area contributed by atoms with Gasteiger partial charge < -0.3 is 9.84 Å². The molecule has 1 saturated carbocycles. The van der Waals surface area contributed by atoms with Crippen molar-refractivity contribution in [2.24, 2.45) is 0 Å². The van der Waals surface area contributed by atoms with Gasteiger partial charge in [0.2, 0.25) is 10.0 Å². The summed E-state index contributed by atoms with van der Waals surface area (Å²) in [7, 11) is -2.12. The Hall–Kier alpha value is -0.660. The molecule has 0 amide bonds. The lowest BCUT2D eigenvalue weighted by Gasteiger charge is -2.11. The van der Waals surface area contributed by atoms with Crippen LogP contribution in [0, 0.1) is 0 Å². The average Bonchev–Trinajstić information content (AvgIpc) is 2.48. The number of rotatable bonds is 5. The highest BCUT2D eigenvalue weighted by molar-refractivity contribution is 7.90. The standard InChI is InChI=1S/C8H15NO5S/c1-14-7-3-2-6(4-7)9-15(12,13)5-8(10)11/h6-7,9H,2-5H2,1H3,(H,10,11). The number of sulfonamides is 1. The number of carboxylic acid groups (broad SMARTS) is 1. The minimum atomic E-state index is -3.70. The molecule has 7 heteroatoms. The number of nitrogens with one attached hydrogen (secondary N) is 1. The average molecular weight is 237 g/mol. The fraction of sp³-hybridized carbons (Fsp3) is 0.875. The maximum Gasteiger partial charge on any atom is 0.320 e. The van der Waals surface area contributed by atoms with E-state index >= 15 is 0 Å². The van der Waals surface area contributed by atoms with Gasteiger partial charge in [-0.15, -0.1) is 0 Å². The van der Waals surface area contributed by atoms with E-state index in [1.165, 1.54) is 0 Å². The summed E-state index contributed by atoms with van der Waals surface area (Å²) in [4.78, 5) is 10.3. The van der Waals surface area contributed by atoms with Gasteiger partial charge in [0, 0.05) is 13.2 Å². The van der Waals surface area contributed by atoms with Crippen molar-refractivity contribution in [3.05, 3.63) is 0 Å². The van der Waals surface area contributed by atoms with E-state index < -0.39 is 21.7 Å². The third kappa shape index (κ3) is 4.15. The molecule has 88 valence electrons. The van der Waals surface area contributed by atoms with Crippen molar-refractivity contribution in [3.8, 4) is 0 Å². The van der Waals surface area contributed by atoms with Gasteiger partial charge in [-0.2, -0.15) is 0 Å². The first-order valence-electron chi connectivity index (χ1n) is 4.67. The lowest BCUT2D eigenvalue weighted by atomic mass is 10.3. The van der Waals surface area contributed by atoms with E-state index in [0.29, 0.717) is 12.8 Å². The van der Waals surface area contributed by atoms with Gasteiger partial charge in [0.15, 0.2) is 5.75 Å². The molecule has 1 aliphatic carbocycles. The van der Waals surface area contributed by atoms with Crippen LogP contribution >= 0.6 is 0 Å². The smallest absolute Gasteiger partial charge is 0.320 e. The summed E-state index contributed by atoms with van der Waals surface area (Å²) in [6, 6.07) is -0.195. The molecule has 0 aliphatic heterocycles. The van der Waals surface area contributed by atoms with Gasteiger partial charge >= 0.3 is 5.97 Å². The molecule has 0 spiro atoms. The molecule has 0 aromatic heterocycles. The zero-order valence-corrected chi connectivity index (χ0v) is 9.29. The van der Waals surface area contributed by atoms with Crippen molar-refractivity contribution in [2.45, 2.75) is 31.4 Å². The summed E-state index contributed by atoms with van der Waals surface area (Å²) < 4.78 is 30.0. The Morgan fingerprint density at radius 2 is 2.20 bits per heavy atom. The molecular formula is C8H15NO5S. The number of aliphatic carboxylic acids is 1. The van der Waals surface area contributed by atoms with E-state index in [9.17, 15) is 13.2 Å². The van der Waals surface area contributed by atoms with Crippen LogP contribution in [0.4, 0.5) is 0 Å². The number of hydrogen-bond donors (Lipinski definition) is 2. The molecule has 0 aromatic rings. The maximum atomic E-state index is 11.3. The van der Waals surface area contributed by atoms with Crippen LogP contribution in [0.3, 0.4) is 0 Å². The quantitative estimate of drug-likeness (QED) is 0.676. The fourth-order valence-corrected chi connectivity index (χ4v) is 2.85. The third-order valence-corrected chi connectivity index (χ3v) is 3.70. The molecule has 0 heterocycles. The Kier molecular flexibility index (Phi) is 4.06. The first kappa shape index (κ1) is 12.4. The van der Waals surface area contributed by atoms with Crippen molar-refractivity contribution < 1.29 is 23.1 Å². The first-order valence-corrected chi connectivity index (χ1v) is 6.33. The number of ether oxygens (including phenoxy) is 1. The predicted molar refractivity (Wildman–Crippen MR) is 53.0 cm³/mol. The largest absolute Gasteiger partial charge is 0.480 e. The Morgan fingerprint density at radius 1 is 1.53 bits per heavy atom. The molecule has 0 aromatic carbocycles. The molecule has 15 heavy (non-hydrogen) atoms. The summed E-state index contributed by atoms with van der Waals surface area (Å²) in [6.45, 7) is 0. The highest BCUT2D eigenvalue weighted by Crippen LogP contribution is 2.21. The van der Waals surface area contributed by atoms with Crippen LogP contribution in [-0.4, -0.2) is 44.5 Å². The number of hydrogen-bond acceptors (Lipinski definition) is 4. The number of carboxylic acids is 1. The van der Waals surface area contributed by atoms with Gasteiger partial charge in [0.25, 0.3) is 0 Å². The summed E-state index contributed by atoms with van der Waals surface area (Å²) in [5.41, 5.74) is 0. The third-order valence-electron chi connectivity index (χ3n) is 2.38. The van der Waals surface area contributed by atoms with Crippen LogP contribution in [0.25, 0.3) is 0 Å². The second kappa shape index (κ2) is 4.91. The van der Waals surface area contributed by atoms with Crippen LogP contribution in [-0.2, 0) is 19.6 Å². The van der Waals surface area contributed by atoms with Crippen molar-refractivity contribution in [3.63, 3.8) is 0 Å². The highest BCUT2D eigenvalue weighted by Gasteiger charge is 2.28. The van der Waals surface area contributed by atoms with Crippen LogP contribution in [0.1, 0.15) is 19.3 Å². The van der Waals surface area contributed by atoms with Gasteiger partial charge in [-0.25, -0.2) is 13.1 Å². The van der Waals surface area contributed by atoms with E-state index in [0.717, 1.165) is 6.42 Å². The second-order valence-electron chi connectivity index (χ2n) is 3.64. The van der Waals surface area contributed by atoms with Crippen LogP contribution in [0.2, 0.25) is 0 Å². The van der Waals surface area contributed by atoms with Crippen molar-refractivity contribution in [1.29, 1.82) is 0 Å². The van der Waals surface area contributed by atoms with Crippen LogP contribution in [0.15, 0.2) is 0 Å². The van der Waals surface area contributed by atoms with Crippen LogP contribution in [0.5, 0.6) is 0 Å². The summed E-state index contributed by atoms with van der Waals surface area (Å²) in [5, 5.41) is 8.38. The second-order valence-corrected chi connectivity index (χ2v) is 5.39. The first-order chi connectivity index (χ1) is 6.93. The van der Waals surface area contributed by atoms with E-state index in [4.69, 9.17) is 9.84 Å². The fourth-order valence-electron chi connectivity index (χ4n) is 1.72. The minimum absolute atomic E-state index is 0.0718. The van der Waals surface area contributed by atoms with Crippen molar-refractivity contribution in [2.75, 3.05) is 12.9 Å². The molecule has 1 rings (SSSR count). The Morgan fingerprint density at radius 3 is 2.67 bits per heavy atom. The van der Waals surface area contributed by atoms with Gasteiger partial charge in [0.1, 0.15) is 0 Å². The minimum Gasteiger partial charge on any atom is -0.480 e. The molecule has 1 fully saturated rings. The molecule has 6 nitrogen and oxygen atoms in total. The van der Waals surface area contributed by atoms with Gasteiger partial charge in [-0.1, -0.05) is 0 Å². The SMILES string of the molecule is COC1CCC(NS(=O)(=O)CC(=O)O)C1. The highest BCUT2D eigenvalue weighted by atomic mass is 32.2. The molecule has 0 bridgehead atoms. The molecular weight excluding hydrogens is 222 g/mol. The Bertz CT molecular complexity index is 326. The van der Waals surface area contributed by atoms with Gasteiger partial charge in [-0.05, 0) is 19.3 Å². The summed E-state index contributed by atoms with van der Waals surface area (Å²) in [5.74, 6) is -2.22. The normalized spacial score (nSPS) is 26.7. The Labute approximate surface area is 88.7 Å². The molecule has 1 aliphatic rings. The summed E-state index contributed by atoms with van der Waals surface area (Å²) >= 11 is 0. The summed E-state index contributed by atoms with van der Waals surface area (Å²) in [6.07, 6.45) is 2.17. The molecule has 0 radical (unpaired) electrons. The molecule has 2 atom stereocenters. The molecule has 0 saturated heterocycles. The number of carbonyl (C=O) groups is 1.